The van der Waals surface area contributed by atoms with Crippen LogP contribution in [-0.4, -0.2) is 34.7 Å². The molecular formula is C28H33BrN2O3S. The Balaban J connectivity index is 1.98. The van der Waals surface area contributed by atoms with Crippen LogP contribution in [0, 0.1) is 0 Å². The van der Waals surface area contributed by atoms with E-state index in [1.807, 2.05) is 83.2 Å². The van der Waals surface area contributed by atoms with Crippen LogP contribution in [0.2, 0.25) is 0 Å². The van der Waals surface area contributed by atoms with Crippen molar-refractivity contribution >= 4 is 44.8 Å². The molecule has 35 heavy (non-hydrogen) atoms. The number of amides is 1. The number of amidine groups is 1. The first-order valence-electron chi connectivity index (χ1n) is 11.8. The van der Waals surface area contributed by atoms with Crippen molar-refractivity contribution in [2.75, 3.05) is 6.61 Å². The molecule has 2 aromatic carbocycles. The molecule has 3 rings (SSSR count). The van der Waals surface area contributed by atoms with Crippen LogP contribution >= 0.6 is 27.7 Å². The second-order valence-electron chi connectivity index (χ2n) is 8.73. The molecule has 5 nitrogen and oxygen atoms in total. The van der Waals surface area contributed by atoms with Crippen LogP contribution in [0.25, 0.3) is 6.08 Å². The smallest absolute Gasteiger partial charge is 0.266 e. The predicted molar refractivity (Wildman–Crippen MR) is 150 cm³/mol. The van der Waals surface area contributed by atoms with Crippen LogP contribution in [-0.2, 0) is 17.8 Å². The SMILES string of the molecule is C=CCc1cc(/C=C2/SC(=NC(C)C)N(C(C)C)C2=O)cc(OCC)c1OCc1ccc(Br)cc1. The number of halogens is 1. The van der Waals surface area contributed by atoms with Gasteiger partial charge in [0.15, 0.2) is 16.7 Å². The van der Waals surface area contributed by atoms with Crippen molar-refractivity contribution < 1.29 is 14.3 Å². The van der Waals surface area contributed by atoms with Crippen LogP contribution < -0.4 is 9.47 Å². The van der Waals surface area contributed by atoms with Crippen LogP contribution in [0.15, 0.2) is 63.4 Å². The lowest BCUT2D eigenvalue weighted by molar-refractivity contribution is -0.123. The molecule has 0 bridgehead atoms. The Hall–Kier alpha value is -2.51. The highest BCUT2D eigenvalue weighted by Crippen LogP contribution is 2.38. The molecule has 1 saturated heterocycles. The van der Waals surface area contributed by atoms with Crippen molar-refractivity contribution in [2.45, 2.75) is 59.7 Å². The standard InChI is InChI=1S/C28H33BrN2O3S/c1-7-9-22-14-21(16-25-27(32)31(19(5)6)28(35-25)30-18(3)4)15-24(33-8-2)26(22)34-17-20-10-12-23(29)13-11-20/h7,10-16,18-19H,1,8-9,17H2,2-6H3/b25-16+,30-28?. The predicted octanol–water partition coefficient (Wildman–Crippen LogP) is 7.24. The topological polar surface area (TPSA) is 51.1 Å². The molecule has 1 fully saturated rings. The first-order chi connectivity index (χ1) is 16.7. The van der Waals surface area contributed by atoms with E-state index in [0.717, 1.165) is 26.3 Å². The van der Waals surface area contributed by atoms with Crippen molar-refractivity contribution in [1.29, 1.82) is 0 Å². The summed E-state index contributed by atoms with van der Waals surface area (Å²) in [6.07, 6.45) is 4.38. The second kappa shape index (κ2) is 12.5. The highest BCUT2D eigenvalue weighted by Gasteiger charge is 2.35. The zero-order valence-corrected chi connectivity index (χ0v) is 23.4. The van der Waals surface area contributed by atoms with Crippen molar-refractivity contribution in [3.63, 3.8) is 0 Å². The third kappa shape index (κ3) is 7.01. The number of rotatable bonds is 10. The lowest BCUT2D eigenvalue weighted by atomic mass is 10.0. The highest BCUT2D eigenvalue weighted by atomic mass is 79.9. The Morgan fingerprint density at radius 1 is 1.14 bits per heavy atom. The first kappa shape index (κ1) is 27.1. The van der Waals surface area contributed by atoms with Crippen molar-refractivity contribution in [2.24, 2.45) is 4.99 Å². The monoisotopic (exact) mass is 556 g/mol. The Morgan fingerprint density at radius 2 is 1.86 bits per heavy atom. The van der Waals surface area contributed by atoms with E-state index in [9.17, 15) is 4.79 Å². The Labute approximate surface area is 221 Å². The molecule has 0 spiro atoms. The van der Waals surface area contributed by atoms with Gasteiger partial charge in [-0.2, -0.15) is 0 Å². The minimum absolute atomic E-state index is 0.0248. The van der Waals surface area contributed by atoms with Gasteiger partial charge >= 0.3 is 0 Å². The van der Waals surface area contributed by atoms with Gasteiger partial charge in [0.25, 0.3) is 5.91 Å². The Kier molecular flexibility index (Phi) is 9.63. The van der Waals surface area contributed by atoms with Gasteiger partial charge in [-0.25, -0.2) is 0 Å². The fourth-order valence-electron chi connectivity index (χ4n) is 3.64. The molecule has 0 saturated carbocycles. The van der Waals surface area contributed by atoms with Crippen molar-refractivity contribution in [3.8, 4) is 11.5 Å². The van der Waals surface area contributed by atoms with E-state index in [1.165, 1.54) is 11.8 Å². The fraction of sp³-hybridized carbons (Fsp3) is 0.357. The van der Waals surface area contributed by atoms with Gasteiger partial charge < -0.3 is 9.47 Å². The van der Waals surface area contributed by atoms with Crippen LogP contribution in [0.5, 0.6) is 11.5 Å². The molecule has 7 heteroatoms. The zero-order chi connectivity index (χ0) is 25.5. The third-order valence-corrected chi connectivity index (χ3v) is 6.66. The number of carbonyl (C=O) groups excluding carboxylic acids is 1. The highest BCUT2D eigenvalue weighted by molar-refractivity contribution is 9.10. The summed E-state index contributed by atoms with van der Waals surface area (Å²) in [6, 6.07) is 12.2. The first-order valence-corrected chi connectivity index (χ1v) is 13.4. The molecule has 186 valence electrons. The Bertz CT molecular complexity index is 1120. The van der Waals surface area contributed by atoms with Crippen molar-refractivity contribution in [1.82, 2.24) is 4.90 Å². The van der Waals surface area contributed by atoms with Gasteiger partial charge in [0, 0.05) is 22.1 Å². The molecule has 1 aliphatic rings. The molecule has 0 atom stereocenters. The fourth-order valence-corrected chi connectivity index (χ4v) is 5.14. The number of hydrogen-bond donors (Lipinski definition) is 0. The molecule has 2 aromatic rings. The summed E-state index contributed by atoms with van der Waals surface area (Å²) in [5, 5.41) is 0.747. The minimum atomic E-state index is -0.0248. The van der Waals surface area contributed by atoms with Crippen LogP contribution in [0.3, 0.4) is 0 Å². The lowest BCUT2D eigenvalue weighted by Gasteiger charge is -2.20. The van der Waals surface area contributed by atoms with Gasteiger partial charge in [0.05, 0.1) is 11.5 Å². The van der Waals surface area contributed by atoms with Gasteiger partial charge in [0.1, 0.15) is 6.61 Å². The molecule has 0 unspecified atom stereocenters. The summed E-state index contributed by atoms with van der Waals surface area (Å²) < 4.78 is 13.2. The van der Waals surface area contributed by atoms with Crippen LogP contribution in [0.4, 0.5) is 0 Å². The number of thioether (sulfide) groups is 1. The lowest BCUT2D eigenvalue weighted by Crippen LogP contribution is -2.35. The average molecular weight is 558 g/mol. The largest absolute Gasteiger partial charge is 0.490 e. The number of hydrogen-bond acceptors (Lipinski definition) is 5. The van der Waals surface area contributed by atoms with E-state index in [4.69, 9.17) is 9.47 Å². The van der Waals surface area contributed by atoms with Gasteiger partial charge in [-0.15, -0.1) is 6.58 Å². The number of aliphatic imine (C=N–C) groups is 1. The molecular weight excluding hydrogens is 524 g/mol. The molecule has 0 radical (unpaired) electrons. The quantitative estimate of drug-likeness (QED) is 0.228. The van der Waals surface area contributed by atoms with Gasteiger partial charge in [0.2, 0.25) is 0 Å². The number of carbonyl (C=O) groups is 1. The number of ether oxygens (including phenoxy) is 2. The van der Waals surface area contributed by atoms with Gasteiger partial charge in [-0.3, -0.25) is 14.7 Å². The molecule has 1 heterocycles. The maximum atomic E-state index is 13.2. The molecule has 1 amide bonds. The summed E-state index contributed by atoms with van der Waals surface area (Å²) in [7, 11) is 0. The van der Waals surface area contributed by atoms with E-state index < -0.39 is 0 Å². The minimum Gasteiger partial charge on any atom is -0.490 e. The normalized spacial score (nSPS) is 16.1. The van der Waals surface area contributed by atoms with Gasteiger partial charge in [-0.05, 0) is 94.3 Å². The third-order valence-electron chi connectivity index (χ3n) is 5.13. The Morgan fingerprint density at radius 3 is 2.46 bits per heavy atom. The zero-order valence-electron chi connectivity index (χ0n) is 21.0. The van der Waals surface area contributed by atoms with E-state index in [-0.39, 0.29) is 18.0 Å². The second-order valence-corrected chi connectivity index (χ2v) is 10.7. The molecule has 0 aliphatic carbocycles. The van der Waals surface area contributed by atoms with E-state index in [2.05, 4.69) is 27.5 Å². The van der Waals surface area contributed by atoms with Crippen LogP contribution in [0.1, 0.15) is 51.3 Å². The summed E-state index contributed by atoms with van der Waals surface area (Å²) >= 11 is 4.89. The van der Waals surface area contributed by atoms with E-state index >= 15 is 0 Å². The van der Waals surface area contributed by atoms with E-state index in [0.29, 0.717) is 36.0 Å². The summed E-state index contributed by atoms with van der Waals surface area (Å²) in [6.45, 7) is 14.8. The average Bonchev–Trinajstić information content (AvgIpc) is 3.08. The number of allylic oxidation sites excluding steroid dienone is 1. The molecule has 1 aliphatic heterocycles. The molecule has 0 aromatic heterocycles. The maximum Gasteiger partial charge on any atom is 0.266 e. The molecule has 0 N–H and O–H groups in total. The summed E-state index contributed by atoms with van der Waals surface area (Å²) in [5.41, 5.74) is 2.90. The number of benzene rings is 2. The van der Waals surface area contributed by atoms with E-state index in [1.54, 1.807) is 4.90 Å². The van der Waals surface area contributed by atoms with Gasteiger partial charge in [-0.1, -0.05) is 34.1 Å². The summed E-state index contributed by atoms with van der Waals surface area (Å²) in [4.78, 5) is 20.3. The van der Waals surface area contributed by atoms with Crippen molar-refractivity contribution in [3.05, 3.63) is 75.1 Å². The maximum absolute atomic E-state index is 13.2. The number of nitrogens with zero attached hydrogens (tertiary/aromatic N) is 2. The summed E-state index contributed by atoms with van der Waals surface area (Å²) in [5.74, 6) is 1.33.